The highest BCUT2D eigenvalue weighted by atomic mass is 35.5. The van der Waals surface area contributed by atoms with Gasteiger partial charge in [0.1, 0.15) is 5.75 Å². The molecular formula is C15H13ClN2OS. The molecule has 0 aliphatic heterocycles. The van der Waals surface area contributed by atoms with Crippen LogP contribution in [0, 0.1) is 4.77 Å². The SMILES string of the molecule is CCOc1ccccc1-n1c(=S)[nH]c2ccc(Cl)cc21. The first-order valence-corrected chi connectivity index (χ1v) is 7.12. The van der Waals surface area contributed by atoms with E-state index in [4.69, 9.17) is 28.6 Å². The Morgan fingerprint density at radius 2 is 2.05 bits per heavy atom. The molecule has 0 saturated carbocycles. The molecule has 0 fully saturated rings. The summed E-state index contributed by atoms with van der Waals surface area (Å²) in [7, 11) is 0. The van der Waals surface area contributed by atoms with E-state index in [-0.39, 0.29) is 0 Å². The number of hydrogen-bond donors (Lipinski definition) is 1. The quantitative estimate of drug-likeness (QED) is 0.708. The maximum atomic E-state index is 6.10. The Balaban J connectivity index is 2.32. The van der Waals surface area contributed by atoms with E-state index < -0.39 is 0 Å². The number of aromatic nitrogens is 2. The second-order valence-electron chi connectivity index (χ2n) is 4.33. The summed E-state index contributed by atoms with van der Waals surface area (Å²) >= 11 is 11.5. The summed E-state index contributed by atoms with van der Waals surface area (Å²) in [4.78, 5) is 3.19. The second kappa shape index (κ2) is 5.31. The number of para-hydroxylation sites is 2. The number of rotatable bonds is 3. The Morgan fingerprint density at radius 3 is 2.85 bits per heavy atom. The van der Waals surface area contributed by atoms with Gasteiger partial charge in [-0.25, -0.2) is 0 Å². The molecule has 0 unspecified atom stereocenters. The number of fused-ring (bicyclic) bond motifs is 1. The lowest BCUT2D eigenvalue weighted by molar-refractivity contribution is 0.339. The summed E-state index contributed by atoms with van der Waals surface area (Å²) in [6.45, 7) is 2.57. The first-order chi connectivity index (χ1) is 9.70. The van der Waals surface area contributed by atoms with Crippen molar-refractivity contribution in [2.75, 3.05) is 6.61 Å². The van der Waals surface area contributed by atoms with Crippen molar-refractivity contribution in [1.82, 2.24) is 9.55 Å². The fraction of sp³-hybridized carbons (Fsp3) is 0.133. The molecule has 0 aliphatic carbocycles. The molecule has 0 saturated heterocycles. The van der Waals surface area contributed by atoms with Crippen molar-refractivity contribution in [3.05, 3.63) is 52.3 Å². The van der Waals surface area contributed by atoms with E-state index in [9.17, 15) is 0 Å². The number of nitrogens with zero attached hydrogens (tertiary/aromatic N) is 1. The minimum Gasteiger partial charge on any atom is -0.492 e. The van der Waals surface area contributed by atoms with E-state index in [1.807, 2.05) is 54.0 Å². The summed E-state index contributed by atoms with van der Waals surface area (Å²) in [6.07, 6.45) is 0. The fourth-order valence-corrected chi connectivity index (χ4v) is 2.71. The van der Waals surface area contributed by atoms with Crippen LogP contribution in [0.1, 0.15) is 6.92 Å². The lowest BCUT2D eigenvalue weighted by Crippen LogP contribution is -2.00. The van der Waals surface area contributed by atoms with E-state index in [1.165, 1.54) is 0 Å². The van der Waals surface area contributed by atoms with Crippen LogP contribution in [0.4, 0.5) is 0 Å². The summed E-state index contributed by atoms with van der Waals surface area (Å²) in [5.41, 5.74) is 2.80. The number of imidazole rings is 1. The largest absolute Gasteiger partial charge is 0.492 e. The molecule has 102 valence electrons. The van der Waals surface area contributed by atoms with Crippen LogP contribution < -0.4 is 4.74 Å². The van der Waals surface area contributed by atoms with Crippen LogP contribution in [0.5, 0.6) is 5.75 Å². The van der Waals surface area contributed by atoms with E-state index >= 15 is 0 Å². The number of benzene rings is 2. The van der Waals surface area contributed by atoms with Crippen molar-refractivity contribution in [3.63, 3.8) is 0 Å². The van der Waals surface area contributed by atoms with Crippen LogP contribution in [-0.4, -0.2) is 16.2 Å². The van der Waals surface area contributed by atoms with Crippen molar-refractivity contribution in [3.8, 4) is 11.4 Å². The molecule has 1 aromatic heterocycles. The molecule has 3 rings (SSSR count). The second-order valence-corrected chi connectivity index (χ2v) is 5.15. The van der Waals surface area contributed by atoms with Gasteiger partial charge in [0.05, 0.1) is 23.3 Å². The van der Waals surface area contributed by atoms with E-state index in [0.717, 1.165) is 22.5 Å². The summed E-state index contributed by atoms with van der Waals surface area (Å²) in [5, 5.41) is 0.675. The molecule has 2 aromatic carbocycles. The molecule has 0 amide bonds. The number of nitrogens with one attached hydrogen (secondary N) is 1. The molecule has 0 radical (unpaired) electrons. The monoisotopic (exact) mass is 304 g/mol. The standard InChI is InChI=1S/C15H13ClN2OS/c1-2-19-14-6-4-3-5-12(14)18-13-9-10(16)7-8-11(13)17-15(18)20/h3-9H,2H2,1H3,(H,17,20). The first-order valence-electron chi connectivity index (χ1n) is 6.33. The average Bonchev–Trinajstić information content (AvgIpc) is 2.75. The van der Waals surface area contributed by atoms with Crippen molar-refractivity contribution < 1.29 is 4.74 Å². The number of aromatic amines is 1. The van der Waals surface area contributed by atoms with Crippen LogP contribution in [-0.2, 0) is 0 Å². The van der Waals surface area contributed by atoms with Gasteiger partial charge in [-0.1, -0.05) is 23.7 Å². The first kappa shape index (κ1) is 13.2. The Morgan fingerprint density at radius 1 is 1.25 bits per heavy atom. The zero-order chi connectivity index (χ0) is 14.1. The van der Waals surface area contributed by atoms with Gasteiger partial charge in [-0.05, 0) is 49.5 Å². The fourth-order valence-electron chi connectivity index (χ4n) is 2.23. The third kappa shape index (κ3) is 2.21. The molecule has 3 nitrogen and oxygen atoms in total. The molecule has 5 heteroatoms. The summed E-state index contributed by atoms with van der Waals surface area (Å²) in [5.74, 6) is 0.798. The Bertz CT molecular complexity index is 822. The minimum atomic E-state index is 0.605. The highest BCUT2D eigenvalue weighted by Gasteiger charge is 2.11. The van der Waals surface area contributed by atoms with Gasteiger partial charge < -0.3 is 9.72 Å². The lowest BCUT2D eigenvalue weighted by atomic mass is 10.2. The average molecular weight is 305 g/mol. The van der Waals surface area contributed by atoms with Gasteiger partial charge in [-0.3, -0.25) is 4.57 Å². The van der Waals surface area contributed by atoms with Crippen LogP contribution in [0.3, 0.4) is 0 Å². The smallest absolute Gasteiger partial charge is 0.182 e. The molecule has 0 aliphatic rings. The molecule has 0 bridgehead atoms. The molecule has 3 aromatic rings. The number of hydrogen-bond acceptors (Lipinski definition) is 2. The van der Waals surface area contributed by atoms with E-state index in [0.29, 0.717) is 16.4 Å². The third-order valence-electron chi connectivity index (χ3n) is 3.05. The predicted molar refractivity (Wildman–Crippen MR) is 84.6 cm³/mol. The third-order valence-corrected chi connectivity index (χ3v) is 3.57. The molecule has 1 heterocycles. The zero-order valence-electron chi connectivity index (χ0n) is 10.9. The van der Waals surface area contributed by atoms with Crippen molar-refractivity contribution in [1.29, 1.82) is 0 Å². The minimum absolute atomic E-state index is 0.605. The Kier molecular flexibility index (Phi) is 3.51. The number of ether oxygens (including phenoxy) is 1. The van der Waals surface area contributed by atoms with Gasteiger partial charge in [-0.15, -0.1) is 0 Å². The molecule has 1 N–H and O–H groups in total. The topological polar surface area (TPSA) is 29.9 Å². The Hall–Kier alpha value is -1.78. The maximum absolute atomic E-state index is 6.10. The van der Waals surface area contributed by atoms with Crippen molar-refractivity contribution >= 4 is 34.9 Å². The van der Waals surface area contributed by atoms with Crippen LogP contribution >= 0.6 is 23.8 Å². The highest BCUT2D eigenvalue weighted by molar-refractivity contribution is 7.71. The number of H-pyrrole nitrogens is 1. The normalized spacial score (nSPS) is 10.9. The van der Waals surface area contributed by atoms with Crippen LogP contribution in [0.25, 0.3) is 16.7 Å². The zero-order valence-corrected chi connectivity index (χ0v) is 12.5. The van der Waals surface area contributed by atoms with Crippen LogP contribution in [0.2, 0.25) is 5.02 Å². The van der Waals surface area contributed by atoms with Gasteiger partial charge in [0, 0.05) is 5.02 Å². The summed E-state index contributed by atoms with van der Waals surface area (Å²) in [6, 6.07) is 13.5. The van der Waals surface area contributed by atoms with Gasteiger partial charge in [0.25, 0.3) is 0 Å². The number of halogens is 1. The van der Waals surface area contributed by atoms with Crippen LogP contribution in [0.15, 0.2) is 42.5 Å². The molecule has 0 atom stereocenters. The van der Waals surface area contributed by atoms with Gasteiger partial charge in [0.2, 0.25) is 0 Å². The van der Waals surface area contributed by atoms with Gasteiger partial charge in [0.15, 0.2) is 4.77 Å². The van der Waals surface area contributed by atoms with Crippen molar-refractivity contribution in [2.24, 2.45) is 0 Å². The van der Waals surface area contributed by atoms with Gasteiger partial charge >= 0.3 is 0 Å². The molecular weight excluding hydrogens is 292 g/mol. The molecule has 0 spiro atoms. The molecule has 20 heavy (non-hydrogen) atoms. The van der Waals surface area contributed by atoms with Crippen molar-refractivity contribution in [2.45, 2.75) is 6.92 Å². The maximum Gasteiger partial charge on any atom is 0.182 e. The van der Waals surface area contributed by atoms with E-state index in [1.54, 1.807) is 0 Å². The van der Waals surface area contributed by atoms with E-state index in [2.05, 4.69) is 4.98 Å². The highest BCUT2D eigenvalue weighted by Crippen LogP contribution is 2.28. The Labute approximate surface area is 126 Å². The lowest BCUT2D eigenvalue weighted by Gasteiger charge is -2.11. The predicted octanol–water partition coefficient (Wildman–Crippen LogP) is 4.74. The summed E-state index contributed by atoms with van der Waals surface area (Å²) < 4.78 is 8.25. The van der Waals surface area contributed by atoms with Gasteiger partial charge in [-0.2, -0.15) is 0 Å².